The first-order chi connectivity index (χ1) is 10.1. The van der Waals surface area contributed by atoms with E-state index in [0.29, 0.717) is 12.0 Å². The van der Waals surface area contributed by atoms with Crippen molar-refractivity contribution in [3.8, 4) is 0 Å². The van der Waals surface area contributed by atoms with Gasteiger partial charge in [0.1, 0.15) is 5.82 Å². The number of hydrogen-bond donors (Lipinski definition) is 1. The number of hydrogen-bond acceptors (Lipinski definition) is 2. The molecular formula is C17H20BrFN2. The molecule has 0 saturated heterocycles. The van der Waals surface area contributed by atoms with Gasteiger partial charge in [0, 0.05) is 34.4 Å². The highest BCUT2D eigenvalue weighted by Crippen LogP contribution is 2.23. The van der Waals surface area contributed by atoms with E-state index in [1.54, 1.807) is 0 Å². The molecule has 0 aliphatic heterocycles. The Morgan fingerprint density at radius 3 is 2.62 bits per heavy atom. The van der Waals surface area contributed by atoms with Gasteiger partial charge in [-0.1, -0.05) is 41.9 Å². The fraction of sp³-hybridized carbons (Fsp3) is 0.353. The smallest absolute Gasteiger partial charge is 0.129 e. The zero-order chi connectivity index (χ0) is 15.2. The van der Waals surface area contributed by atoms with Crippen molar-refractivity contribution in [1.29, 1.82) is 0 Å². The van der Waals surface area contributed by atoms with Gasteiger partial charge in [0.05, 0.1) is 0 Å². The lowest BCUT2D eigenvalue weighted by Gasteiger charge is -2.19. The Hall–Kier alpha value is -1.26. The first-order valence-corrected chi connectivity index (χ1v) is 8.05. The molecule has 2 nitrogen and oxygen atoms in total. The van der Waals surface area contributed by atoms with Crippen LogP contribution in [-0.4, -0.2) is 11.5 Å². The average molecular weight is 351 g/mol. The normalized spacial score (nSPS) is 12.4. The average Bonchev–Trinajstić information content (AvgIpc) is 2.48. The molecule has 112 valence electrons. The highest BCUT2D eigenvalue weighted by Gasteiger charge is 2.16. The summed E-state index contributed by atoms with van der Waals surface area (Å²) < 4.78 is 14.9. The molecule has 1 unspecified atom stereocenters. The summed E-state index contributed by atoms with van der Waals surface area (Å²) in [5.41, 5.74) is 2.87. The van der Waals surface area contributed by atoms with Crippen LogP contribution in [0.2, 0.25) is 0 Å². The van der Waals surface area contributed by atoms with Crippen LogP contribution in [0.25, 0.3) is 0 Å². The van der Waals surface area contributed by atoms with E-state index < -0.39 is 0 Å². The lowest BCUT2D eigenvalue weighted by Crippen LogP contribution is -2.24. The molecule has 0 fully saturated rings. The van der Waals surface area contributed by atoms with E-state index in [2.05, 4.69) is 39.2 Å². The minimum atomic E-state index is -0.194. The highest BCUT2D eigenvalue weighted by molar-refractivity contribution is 9.10. The van der Waals surface area contributed by atoms with Gasteiger partial charge in [-0.15, -0.1) is 0 Å². The Morgan fingerprint density at radius 2 is 2.05 bits per heavy atom. The van der Waals surface area contributed by atoms with Crippen molar-refractivity contribution in [1.82, 2.24) is 10.3 Å². The molecule has 1 aromatic heterocycles. The maximum Gasteiger partial charge on any atom is 0.129 e. The number of benzene rings is 1. The van der Waals surface area contributed by atoms with Crippen LogP contribution in [-0.2, 0) is 12.8 Å². The van der Waals surface area contributed by atoms with E-state index in [0.717, 1.165) is 23.1 Å². The lowest BCUT2D eigenvalue weighted by atomic mass is 10.0. The quantitative estimate of drug-likeness (QED) is 0.832. The maximum atomic E-state index is 14.2. The zero-order valence-corrected chi connectivity index (χ0v) is 14.0. The van der Waals surface area contributed by atoms with Crippen LogP contribution < -0.4 is 5.32 Å². The van der Waals surface area contributed by atoms with Gasteiger partial charge in [-0.2, -0.15) is 0 Å². The second-order valence-corrected chi connectivity index (χ2v) is 5.91. The van der Waals surface area contributed by atoms with Crippen LogP contribution in [0.5, 0.6) is 0 Å². The van der Waals surface area contributed by atoms with Crippen molar-refractivity contribution in [3.63, 3.8) is 0 Å². The van der Waals surface area contributed by atoms with Crippen molar-refractivity contribution >= 4 is 15.9 Å². The largest absolute Gasteiger partial charge is 0.310 e. The first kappa shape index (κ1) is 16.1. The number of halogens is 2. The van der Waals surface area contributed by atoms with E-state index in [1.807, 2.05) is 31.3 Å². The zero-order valence-electron chi connectivity index (χ0n) is 12.4. The maximum absolute atomic E-state index is 14.2. The standard InChI is InChI=1S/C17H20BrFN2/c1-3-12-5-7-14(21-11-12)10-17(20-4-2)15-8-6-13(18)9-16(15)19/h5-9,11,17,20H,3-4,10H2,1-2H3. The van der Waals surface area contributed by atoms with Crippen LogP contribution in [0.4, 0.5) is 4.39 Å². The second-order valence-electron chi connectivity index (χ2n) is 4.99. The number of rotatable bonds is 6. The van der Waals surface area contributed by atoms with Gasteiger partial charge >= 0.3 is 0 Å². The lowest BCUT2D eigenvalue weighted by molar-refractivity contribution is 0.506. The molecule has 2 rings (SSSR count). The van der Waals surface area contributed by atoms with E-state index in [4.69, 9.17) is 0 Å². The fourth-order valence-electron chi connectivity index (χ4n) is 2.32. The van der Waals surface area contributed by atoms with Crippen molar-refractivity contribution in [3.05, 3.63) is 63.6 Å². The van der Waals surface area contributed by atoms with Gasteiger partial charge in [0.15, 0.2) is 0 Å². The molecule has 2 aromatic rings. The van der Waals surface area contributed by atoms with Gasteiger partial charge in [0.2, 0.25) is 0 Å². The SMILES string of the molecule is CCNC(Cc1ccc(CC)cn1)c1ccc(Br)cc1F. The molecule has 0 radical (unpaired) electrons. The Bertz CT molecular complexity index is 584. The molecule has 1 N–H and O–H groups in total. The summed E-state index contributed by atoms with van der Waals surface area (Å²) in [7, 11) is 0. The molecule has 0 amide bonds. The summed E-state index contributed by atoms with van der Waals surface area (Å²) in [6.07, 6.45) is 3.55. The van der Waals surface area contributed by atoms with Gasteiger partial charge in [-0.25, -0.2) is 4.39 Å². The van der Waals surface area contributed by atoms with Crippen molar-refractivity contribution in [2.75, 3.05) is 6.54 Å². The number of likely N-dealkylation sites (N-methyl/N-ethyl adjacent to an activating group) is 1. The summed E-state index contributed by atoms with van der Waals surface area (Å²) in [6.45, 7) is 4.92. The Kier molecular flexibility index (Phi) is 5.88. The van der Waals surface area contributed by atoms with Gasteiger partial charge in [0.25, 0.3) is 0 Å². The van der Waals surface area contributed by atoms with E-state index in [-0.39, 0.29) is 11.9 Å². The third-order valence-electron chi connectivity index (χ3n) is 3.50. The van der Waals surface area contributed by atoms with Gasteiger partial charge in [-0.3, -0.25) is 4.98 Å². The molecule has 1 heterocycles. The van der Waals surface area contributed by atoms with Crippen molar-refractivity contribution in [2.45, 2.75) is 32.7 Å². The predicted molar refractivity (Wildman–Crippen MR) is 87.8 cm³/mol. The Balaban J connectivity index is 2.21. The third-order valence-corrected chi connectivity index (χ3v) is 3.99. The van der Waals surface area contributed by atoms with Crippen LogP contribution in [0, 0.1) is 5.82 Å². The van der Waals surface area contributed by atoms with E-state index >= 15 is 0 Å². The summed E-state index contributed by atoms with van der Waals surface area (Å²) in [4.78, 5) is 4.47. The number of nitrogens with zero attached hydrogens (tertiary/aromatic N) is 1. The molecule has 0 bridgehead atoms. The van der Waals surface area contributed by atoms with Gasteiger partial charge < -0.3 is 5.32 Å². The minimum Gasteiger partial charge on any atom is -0.310 e. The summed E-state index contributed by atoms with van der Waals surface area (Å²) in [5, 5.41) is 3.34. The molecule has 4 heteroatoms. The van der Waals surface area contributed by atoms with Crippen LogP contribution in [0.1, 0.15) is 36.7 Å². The summed E-state index contributed by atoms with van der Waals surface area (Å²) >= 11 is 3.29. The van der Waals surface area contributed by atoms with Crippen LogP contribution >= 0.6 is 15.9 Å². The number of pyridine rings is 1. The molecule has 0 spiro atoms. The highest BCUT2D eigenvalue weighted by atomic mass is 79.9. The van der Waals surface area contributed by atoms with E-state index in [9.17, 15) is 4.39 Å². The molecule has 1 atom stereocenters. The predicted octanol–water partition coefficient (Wildman–Crippen LogP) is 4.44. The van der Waals surface area contributed by atoms with Gasteiger partial charge in [-0.05, 0) is 36.7 Å². The number of aromatic nitrogens is 1. The third kappa shape index (κ3) is 4.35. The number of nitrogens with one attached hydrogen (secondary N) is 1. The molecular weight excluding hydrogens is 331 g/mol. The molecule has 0 aliphatic carbocycles. The minimum absolute atomic E-state index is 0.0666. The Labute approximate surface area is 133 Å². The summed E-state index contributed by atoms with van der Waals surface area (Å²) in [5.74, 6) is -0.194. The number of aryl methyl sites for hydroxylation is 1. The van der Waals surface area contributed by atoms with Crippen LogP contribution in [0.15, 0.2) is 41.0 Å². The Morgan fingerprint density at radius 1 is 1.24 bits per heavy atom. The molecule has 21 heavy (non-hydrogen) atoms. The van der Waals surface area contributed by atoms with Crippen LogP contribution in [0.3, 0.4) is 0 Å². The molecule has 0 aliphatic rings. The van der Waals surface area contributed by atoms with Crippen molar-refractivity contribution in [2.24, 2.45) is 0 Å². The topological polar surface area (TPSA) is 24.9 Å². The summed E-state index contributed by atoms with van der Waals surface area (Å²) in [6, 6.07) is 9.25. The molecule has 1 aromatic carbocycles. The first-order valence-electron chi connectivity index (χ1n) is 7.26. The second kappa shape index (κ2) is 7.66. The van der Waals surface area contributed by atoms with Crippen molar-refractivity contribution < 1.29 is 4.39 Å². The fourth-order valence-corrected chi connectivity index (χ4v) is 2.65. The monoisotopic (exact) mass is 350 g/mol. The molecule has 0 saturated carbocycles. The van der Waals surface area contributed by atoms with E-state index in [1.165, 1.54) is 11.6 Å².